The van der Waals surface area contributed by atoms with E-state index >= 15 is 35.1 Å². The lowest BCUT2D eigenvalue weighted by Gasteiger charge is -2.44. The molecule has 0 bridgehead atoms. The molecule has 0 amide bonds. The van der Waals surface area contributed by atoms with E-state index in [4.69, 9.17) is 0 Å². The largest absolute Gasteiger partial charge is 0.381 e. The van der Waals surface area contributed by atoms with Gasteiger partial charge in [-0.2, -0.15) is 0 Å². The summed E-state index contributed by atoms with van der Waals surface area (Å²) >= 11 is 12.2. The Balaban J connectivity index is 0.000000414. The maximum atomic E-state index is 15.4. The maximum absolute atomic E-state index is 15.4. The van der Waals surface area contributed by atoms with Gasteiger partial charge in [-0.25, -0.2) is 87.8 Å². The van der Waals surface area contributed by atoms with Gasteiger partial charge in [-0.3, -0.25) is 0 Å². The molecule has 0 spiro atoms. The van der Waals surface area contributed by atoms with Crippen molar-refractivity contribution in [2.24, 2.45) is 0 Å². The number of rotatable bonds is 6. The van der Waals surface area contributed by atoms with Crippen molar-refractivity contribution >= 4 is 75.9 Å². The number of halogens is 21. The molecule has 0 aliphatic rings. The van der Waals surface area contributed by atoms with E-state index < -0.39 is 144 Å². The zero-order valence-corrected chi connectivity index (χ0v) is 32.1. The lowest BCUT2D eigenvalue weighted by molar-refractivity contribution is -0.585. The predicted molar refractivity (Wildman–Crippen MR) is 170 cm³/mol. The van der Waals surface area contributed by atoms with E-state index in [0.29, 0.717) is 0 Å². The molecule has 58 heavy (non-hydrogen) atoms. The van der Waals surface area contributed by atoms with Crippen molar-refractivity contribution < 1.29 is 109 Å². The lowest BCUT2D eigenvalue weighted by atomic mass is 9.12. The molecule has 0 aliphatic heterocycles. The molecule has 26 heteroatoms. The Morgan fingerprint density at radius 2 is 0.466 bits per heavy atom. The molecular weight excluding hydrogens is 1030 g/mol. The van der Waals surface area contributed by atoms with Crippen molar-refractivity contribution in [2.75, 3.05) is 0 Å². The summed E-state index contributed by atoms with van der Waals surface area (Å²) in [5, 5.41) is 0. The first kappa shape index (κ1) is 45.5. The second kappa shape index (κ2) is 16.8. The normalized spacial score (nSPS) is 11.7. The van der Waals surface area contributed by atoms with Gasteiger partial charge in [0, 0.05) is 12.1 Å². The average molecular weight is 1040 g/mol. The average Bonchev–Trinajstić information content (AvgIpc) is 3.80. The van der Waals surface area contributed by atoms with Gasteiger partial charge in [0.2, 0.25) is 5.77 Å². The molecule has 0 fully saturated rings. The summed E-state index contributed by atoms with van der Waals surface area (Å²) in [4.78, 5) is 0. The molecule has 0 saturated heterocycles. The Labute approximate surface area is 338 Å². The van der Waals surface area contributed by atoms with Crippen LogP contribution < -0.4 is 43.1 Å². The molecule has 0 radical (unpaired) electrons. The van der Waals surface area contributed by atoms with Crippen molar-refractivity contribution in [3.63, 3.8) is 0 Å². The molecule has 0 aliphatic carbocycles. The van der Waals surface area contributed by atoms with Crippen LogP contribution in [-0.4, -0.2) is 6.15 Å². The minimum atomic E-state index is -7.22. The van der Waals surface area contributed by atoms with E-state index in [1.54, 1.807) is 22.7 Å². The maximum Gasteiger partial charge on any atom is 0.381 e. The zero-order valence-electron chi connectivity index (χ0n) is 26.5. The number of thiol groups is 2. The Bertz CT molecular complexity index is 2230. The summed E-state index contributed by atoms with van der Waals surface area (Å²) in [5.74, 6) is -71.4. The lowest BCUT2D eigenvalue weighted by Crippen LogP contribution is -3.61. The van der Waals surface area contributed by atoms with Crippen LogP contribution in [0.2, 0.25) is 0 Å². The van der Waals surface area contributed by atoms with E-state index in [1.807, 2.05) is 0 Å². The van der Waals surface area contributed by atoms with Crippen LogP contribution in [0.4, 0.5) is 87.8 Å². The minimum absolute atomic E-state index is 0.00961. The van der Waals surface area contributed by atoms with Gasteiger partial charge in [0.05, 0.1) is 8.42 Å². The second-order valence-electron chi connectivity index (χ2n) is 11.1. The first-order valence-corrected chi connectivity index (χ1v) is 19.1. The Kier molecular flexibility index (Phi) is 13.2. The van der Waals surface area contributed by atoms with Gasteiger partial charge in [0.15, 0.2) is 69.8 Å². The highest BCUT2D eigenvalue weighted by molar-refractivity contribution is 7.83. The first-order chi connectivity index (χ1) is 26.9. The summed E-state index contributed by atoms with van der Waals surface area (Å²) in [7, 11) is 0. The highest BCUT2D eigenvalue weighted by atomic mass is 127. The van der Waals surface area contributed by atoms with Crippen LogP contribution >= 0.6 is 47.9 Å². The highest BCUT2D eigenvalue weighted by Gasteiger charge is 2.52. The molecule has 0 N–H and O–H groups in total. The summed E-state index contributed by atoms with van der Waals surface area (Å²) < 4.78 is 299. The smallest absolute Gasteiger partial charge is 0.207 e. The Morgan fingerprint density at radius 3 is 0.621 bits per heavy atom. The number of hydrogen-bond acceptors (Lipinski definition) is 4. The van der Waals surface area contributed by atoms with E-state index in [-0.39, 0.29) is 21.2 Å². The molecule has 0 atom stereocenters. The monoisotopic (exact) mass is 1040 g/mol. The van der Waals surface area contributed by atoms with Crippen LogP contribution in [0, 0.1) is 122 Å². The third-order valence-corrected chi connectivity index (χ3v) is 14.3. The quantitative estimate of drug-likeness (QED) is 0.0477. The fourth-order valence-corrected chi connectivity index (χ4v) is 13.3. The molecule has 0 unspecified atom stereocenters. The minimum Gasteiger partial charge on any atom is -0.207 e. The van der Waals surface area contributed by atoms with Gasteiger partial charge in [-0.1, -0.05) is 22.7 Å². The van der Waals surface area contributed by atoms with Crippen molar-refractivity contribution in [3.8, 4) is 0 Å². The third kappa shape index (κ3) is 7.22. The van der Waals surface area contributed by atoms with Crippen LogP contribution in [-0.2, 0) is 0 Å². The van der Waals surface area contributed by atoms with Crippen molar-refractivity contribution in [1.82, 2.24) is 0 Å². The Morgan fingerprint density at radius 1 is 0.293 bits per heavy atom. The van der Waals surface area contributed by atoms with Gasteiger partial charge in [-0.05, 0) is 12.1 Å². The number of hydrogen-bond donors (Lipinski definition) is 2. The van der Waals surface area contributed by atoms with Crippen LogP contribution in [0.25, 0.3) is 0 Å². The van der Waals surface area contributed by atoms with Crippen LogP contribution in [0.1, 0.15) is 0 Å². The van der Waals surface area contributed by atoms with E-state index in [0.717, 1.165) is 8.42 Å². The van der Waals surface area contributed by atoms with Crippen molar-refractivity contribution in [3.05, 3.63) is 146 Å². The molecule has 6 rings (SSSR count). The van der Waals surface area contributed by atoms with Gasteiger partial charge in [0.25, 0.3) is 0 Å². The molecule has 0 saturated carbocycles. The summed E-state index contributed by atoms with van der Waals surface area (Å²) in [5.41, 5.74) is -14.3. The molecule has 308 valence electrons. The molecule has 4 aromatic carbocycles. The standard InChI is InChI=1S/C24BF20.C8H5IS4/c26-5-1(6(27)14(35)21(42)13(5)34)25(2-7(28)15(36)22(43)16(37)8(2)29,3-9(30)17(38)23(44)18(39)10(3)31)4-11(32)19(40)24(45)20(41)12(4)33;10-7-3-1-5(12-7)9-6-2-4-8(11)13-6/h;1-4H,(H-,10,11)/q-1;/p+1. The number of thiophene rings is 2. The second-order valence-corrected chi connectivity index (χ2v) is 19.1. The van der Waals surface area contributed by atoms with E-state index in [1.165, 1.54) is 5.77 Å². The molecule has 2 heterocycles. The fourth-order valence-electron chi connectivity index (χ4n) is 5.68. The van der Waals surface area contributed by atoms with Crippen LogP contribution in [0.3, 0.4) is 0 Å². The zero-order chi connectivity index (χ0) is 43.6. The summed E-state index contributed by atoms with van der Waals surface area (Å²) in [6.07, 6.45) is -7.22. The van der Waals surface area contributed by atoms with Gasteiger partial charge >= 0.3 is 21.2 Å². The SMILES string of the molecule is Fc1c(F)c(F)c([B-](c2c(F)c(F)c(F)c(F)c2F)(c2c(F)c(F)c(F)c(F)c2F)c2c(F)c(F)c(F)c(F)c2F)c(F)c1F.Sc1ccc([I+]c2ccc(S)s2)s1. The van der Waals surface area contributed by atoms with E-state index in [2.05, 4.69) is 49.5 Å². The third-order valence-electron chi connectivity index (χ3n) is 8.01. The topological polar surface area (TPSA) is 0 Å². The number of benzene rings is 4. The van der Waals surface area contributed by atoms with Gasteiger partial charge in [-0.15, -0.1) is 47.1 Å². The predicted octanol–water partition coefficient (Wildman–Crippen LogP) is 6.36. The van der Waals surface area contributed by atoms with Gasteiger partial charge < -0.3 is 0 Å². The molecule has 6 aromatic rings. The van der Waals surface area contributed by atoms with Crippen LogP contribution in [0.15, 0.2) is 32.7 Å². The van der Waals surface area contributed by atoms with Gasteiger partial charge in [0.1, 0.15) is 52.7 Å². The fraction of sp³-hybridized carbons (Fsp3) is 0. The summed E-state index contributed by atoms with van der Waals surface area (Å²) in [6.45, 7) is 0. The summed E-state index contributed by atoms with van der Waals surface area (Å²) in [6, 6.07) is 8.49. The molecule has 2 aromatic heterocycles. The van der Waals surface area contributed by atoms with E-state index in [9.17, 15) is 52.7 Å². The highest BCUT2D eigenvalue weighted by Crippen LogP contribution is 2.31. The molecular formula is C32H6BF20IS4. The Hall–Kier alpha value is -3.63. The van der Waals surface area contributed by atoms with Crippen LogP contribution in [0.5, 0.6) is 0 Å². The van der Waals surface area contributed by atoms with Crippen molar-refractivity contribution in [2.45, 2.75) is 8.42 Å². The molecule has 0 nitrogen and oxygen atoms in total. The first-order valence-electron chi connectivity index (χ1n) is 14.4. The van der Waals surface area contributed by atoms with Crippen molar-refractivity contribution in [1.29, 1.82) is 0 Å².